The largest absolute Gasteiger partial charge is 0.458 e. The molecule has 3 amide bonds. The lowest BCUT2D eigenvalue weighted by Crippen LogP contribution is -2.40. The molecule has 0 saturated carbocycles. The number of urea groups is 1. The molecule has 1 aliphatic heterocycles. The van der Waals surface area contributed by atoms with Crippen molar-refractivity contribution in [3.05, 3.63) is 29.3 Å². The molecular formula is C14H10F5N3O2. The first-order valence-electron chi connectivity index (χ1n) is 6.49. The molecule has 0 radical (unpaired) electrons. The van der Waals surface area contributed by atoms with Crippen LogP contribution in [0, 0.1) is 11.3 Å². The zero-order valence-corrected chi connectivity index (χ0v) is 12.3. The second-order valence-corrected chi connectivity index (χ2v) is 5.61. The van der Waals surface area contributed by atoms with Gasteiger partial charge in [-0.3, -0.25) is 4.79 Å². The molecule has 10 heteroatoms. The van der Waals surface area contributed by atoms with Crippen LogP contribution < -0.4 is 10.2 Å². The second-order valence-electron chi connectivity index (χ2n) is 5.61. The molecule has 1 saturated heterocycles. The Morgan fingerprint density at radius 3 is 2.17 bits per heavy atom. The van der Waals surface area contributed by atoms with Crippen molar-refractivity contribution in [3.8, 4) is 6.07 Å². The van der Waals surface area contributed by atoms with Crippen molar-refractivity contribution in [1.82, 2.24) is 5.32 Å². The maximum Gasteiger partial charge on any atom is 0.458 e. The highest BCUT2D eigenvalue weighted by Crippen LogP contribution is 2.45. The van der Waals surface area contributed by atoms with Crippen molar-refractivity contribution in [2.45, 2.75) is 31.5 Å². The fourth-order valence-corrected chi connectivity index (χ4v) is 2.17. The van der Waals surface area contributed by atoms with Crippen molar-refractivity contribution in [2.24, 2.45) is 0 Å². The number of nitrogens with one attached hydrogen (secondary N) is 1. The van der Waals surface area contributed by atoms with Gasteiger partial charge in [0.15, 0.2) is 0 Å². The molecule has 1 N–H and O–H groups in total. The zero-order chi connectivity index (χ0) is 18.5. The topological polar surface area (TPSA) is 73.2 Å². The van der Waals surface area contributed by atoms with Crippen LogP contribution in [0.1, 0.15) is 25.0 Å². The third kappa shape index (κ3) is 2.55. The molecule has 0 spiro atoms. The first kappa shape index (κ1) is 17.7. The van der Waals surface area contributed by atoms with Crippen LogP contribution >= 0.6 is 0 Å². The van der Waals surface area contributed by atoms with Gasteiger partial charge in [-0.2, -0.15) is 27.2 Å². The first-order valence-corrected chi connectivity index (χ1v) is 6.49. The quantitative estimate of drug-likeness (QED) is 0.660. The lowest BCUT2D eigenvalue weighted by Gasteiger charge is -2.22. The molecule has 1 aliphatic rings. The van der Waals surface area contributed by atoms with E-state index in [0.717, 1.165) is 6.07 Å². The van der Waals surface area contributed by atoms with E-state index < -0.39 is 40.7 Å². The normalized spacial score (nSPS) is 17.7. The number of carbonyl (C=O) groups is 2. The third-order valence-corrected chi connectivity index (χ3v) is 3.44. The highest BCUT2D eigenvalue weighted by atomic mass is 19.4. The maximum absolute atomic E-state index is 13.5. The van der Waals surface area contributed by atoms with Crippen molar-refractivity contribution >= 4 is 17.6 Å². The summed E-state index contributed by atoms with van der Waals surface area (Å²) in [6, 6.07) is 2.15. The van der Waals surface area contributed by atoms with E-state index in [1.54, 1.807) is 0 Å². The van der Waals surface area contributed by atoms with Gasteiger partial charge in [0.25, 0.3) is 5.91 Å². The molecule has 128 valence electrons. The number of anilines is 1. The molecule has 2 rings (SSSR count). The predicted octanol–water partition coefficient (Wildman–Crippen LogP) is 3.05. The molecule has 0 bridgehead atoms. The van der Waals surface area contributed by atoms with E-state index in [-0.39, 0.29) is 5.69 Å². The number of halogens is 5. The van der Waals surface area contributed by atoms with Gasteiger partial charge in [0, 0.05) is 5.56 Å². The number of carbonyl (C=O) groups excluding carboxylic acids is 2. The van der Waals surface area contributed by atoms with Crippen LogP contribution in [0.4, 0.5) is 32.4 Å². The highest BCUT2D eigenvalue weighted by Gasteiger charge is 2.59. The van der Waals surface area contributed by atoms with E-state index in [1.165, 1.54) is 19.9 Å². The van der Waals surface area contributed by atoms with Gasteiger partial charge in [0.2, 0.25) is 0 Å². The maximum atomic E-state index is 13.5. The second kappa shape index (κ2) is 5.15. The van der Waals surface area contributed by atoms with Crippen LogP contribution in [0.25, 0.3) is 0 Å². The Labute approximate surface area is 132 Å². The summed E-state index contributed by atoms with van der Waals surface area (Å²) in [5.74, 6) is -5.97. The predicted molar refractivity (Wildman–Crippen MR) is 71.2 cm³/mol. The van der Waals surface area contributed by atoms with Crippen molar-refractivity contribution in [2.75, 3.05) is 4.90 Å². The Bertz CT molecular complexity index is 765. The van der Waals surface area contributed by atoms with Crippen LogP contribution in [0.2, 0.25) is 0 Å². The number of imide groups is 1. The van der Waals surface area contributed by atoms with Crippen molar-refractivity contribution in [1.29, 1.82) is 5.26 Å². The van der Waals surface area contributed by atoms with E-state index in [1.807, 2.05) is 0 Å². The minimum atomic E-state index is -5.89. The average molecular weight is 347 g/mol. The Kier molecular flexibility index (Phi) is 3.79. The Morgan fingerprint density at radius 1 is 1.17 bits per heavy atom. The number of hydrogen-bond donors (Lipinski definition) is 1. The van der Waals surface area contributed by atoms with Crippen molar-refractivity contribution < 1.29 is 31.5 Å². The summed E-state index contributed by atoms with van der Waals surface area (Å²) in [5, 5.41) is 11.2. The zero-order valence-electron chi connectivity index (χ0n) is 12.3. The number of amides is 3. The molecule has 1 aromatic carbocycles. The molecule has 0 unspecified atom stereocenters. The molecule has 1 heterocycles. The fourth-order valence-electron chi connectivity index (χ4n) is 2.17. The van der Waals surface area contributed by atoms with Gasteiger partial charge in [-0.05, 0) is 32.0 Å². The van der Waals surface area contributed by atoms with Gasteiger partial charge in [0.1, 0.15) is 5.54 Å². The Morgan fingerprint density at radius 2 is 1.75 bits per heavy atom. The van der Waals surface area contributed by atoms with E-state index in [2.05, 4.69) is 5.32 Å². The lowest BCUT2D eigenvalue weighted by molar-refractivity contribution is -0.289. The van der Waals surface area contributed by atoms with Crippen LogP contribution in [0.5, 0.6) is 0 Å². The SMILES string of the molecule is CC1(C)NC(=O)N(c2ccc(C(F)(F)C(F)(F)F)c(C#N)c2)C1=O. The summed E-state index contributed by atoms with van der Waals surface area (Å²) in [4.78, 5) is 24.5. The van der Waals surface area contributed by atoms with Crippen LogP contribution in [0.15, 0.2) is 18.2 Å². The molecule has 1 aromatic rings. The summed E-state index contributed by atoms with van der Waals surface area (Å²) < 4.78 is 64.3. The highest BCUT2D eigenvalue weighted by molar-refractivity contribution is 6.23. The summed E-state index contributed by atoms with van der Waals surface area (Å²) in [5.41, 5.74) is -4.08. The average Bonchev–Trinajstić information content (AvgIpc) is 2.65. The summed E-state index contributed by atoms with van der Waals surface area (Å²) in [6.07, 6.45) is -5.89. The van der Waals surface area contributed by atoms with E-state index in [4.69, 9.17) is 5.26 Å². The molecule has 0 aliphatic carbocycles. The molecule has 0 aromatic heterocycles. The number of alkyl halides is 5. The standard InChI is InChI=1S/C14H10F5N3O2/c1-12(2)10(23)22(11(24)21-12)8-3-4-9(7(5-8)6-20)13(15,16)14(17,18)19/h3-5H,1-2H3,(H,21,24). The van der Waals surface area contributed by atoms with Crippen LogP contribution in [-0.2, 0) is 10.7 Å². The third-order valence-electron chi connectivity index (χ3n) is 3.44. The summed E-state index contributed by atoms with van der Waals surface area (Å²) in [6.45, 7) is 2.79. The number of benzene rings is 1. The van der Waals surface area contributed by atoms with Gasteiger partial charge in [-0.1, -0.05) is 0 Å². The van der Waals surface area contributed by atoms with Gasteiger partial charge in [0.05, 0.1) is 17.3 Å². The molecule has 5 nitrogen and oxygen atoms in total. The number of rotatable bonds is 2. The first-order chi connectivity index (χ1) is 10.8. The molecule has 24 heavy (non-hydrogen) atoms. The van der Waals surface area contributed by atoms with Gasteiger partial charge >= 0.3 is 18.1 Å². The summed E-state index contributed by atoms with van der Waals surface area (Å²) in [7, 11) is 0. The van der Waals surface area contributed by atoms with Crippen LogP contribution in [0.3, 0.4) is 0 Å². The monoisotopic (exact) mass is 347 g/mol. The van der Waals surface area contributed by atoms with Crippen molar-refractivity contribution in [3.63, 3.8) is 0 Å². The lowest BCUT2D eigenvalue weighted by atomic mass is 10.00. The number of nitriles is 1. The van der Waals surface area contributed by atoms with E-state index in [0.29, 0.717) is 17.0 Å². The van der Waals surface area contributed by atoms with Gasteiger partial charge < -0.3 is 5.32 Å². The van der Waals surface area contributed by atoms with Crippen LogP contribution in [-0.4, -0.2) is 23.7 Å². The fraction of sp³-hybridized carbons (Fsp3) is 0.357. The molecule has 0 atom stereocenters. The number of hydrogen-bond acceptors (Lipinski definition) is 3. The number of nitrogens with zero attached hydrogens (tertiary/aromatic N) is 2. The van der Waals surface area contributed by atoms with E-state index >= 15 is 0 Å². The Balaban J connectivity index is 2.54. The van der Waals surface area contributed by atoms with Gasteiger partial charge in [-0.25, -0.2) is 9.69 Å². The molecular weight excluding hydrogens is 337 g/mol. The minimum Gasteiger partial charge on any atom is -0.323 e. The Hall–Kier alpha value is -2.70. The van der Waals surface area contributed by atoms with Gasteiger partial charge in [-0.15, -0.1) is 0 Å². The minimum absolute atomic E-state index is 0.277. The summed E-state index contributed by atoms with van der Waals surface area (Å²) >= 11 is 0. The van der Waals surface area contributed by atoms with E-state index in [9.17, 15) is 31.5 Å². The smallest absolute Gasteiger partial charge is 0.323 e. The molecule has 1 fully saturated rings.